The fraction of sp³-hybridized carbons (Fsp3) is 0. The maximum absolute atomic E-state index is 9.40. The number of rotatable bonds is 2. The number of hydrogen-bond acceptors (Lipinski definition) is 2. The van der Waals surface area contributed by atoms with E-state index in [-0.39, 0.29) is 0 Å². The van der Waals surface area contributed by atoms with Crippen LogP contribution in [-0.4, -0.2) is 0 Å². The Kier molecular flexibility index (Phi) is 3.69. The van der Waals surface area contributed by atoms with Crippen LogP contribution in [0.25, 0.3) is 22.3 Å². The largest absolute Gasteiger partial charge is 0.192 e. The molecule has 3 rings (SSSR count). The number of nitrogens with zero attached hydrogens (tertiary/aromatic N) is 2. The lowest BCUT2D eigenvalue weighted by Gasteiger charge is -2.11. The van der Waals surface area contributed by atoms with Crippen molar-refractivity contribution in [3.05, 3.63) is 83.9 Å². The molecule has 0 N–H and O–H groups in total. The summed E-state index contributed by atoms with van der Waals surface area (Å²) in [6.45, 7) is 0. The monoisotopic (exact) mass is 280 g/mol. The second kappa shape index (κ2) is 5.95. The molecule has 0 heterocycles. The van der Waals surface area contributed by atoms with Crippen molar-refractivity contribution in [1.82, 2.24) is 0 Å². The lowest BCUT2D eigenvalue weighted by atomic mass is 9.91. The summed E-state index contributed by atoms with van der Waals surface area (Å²) in [4.78, 5) is 0. The minimum Gasteiger partial charge on any atom is -0.192 e. The van der Waals surface area contributed by atoms with E-state index in [1.807, 2.05) is 48.5 Å². The molecule has 0 bridgehead atoms. The van der Waals surface area contributed by atoms with Crippen LogP contribution in [-0.2, 0) is 0 Å². The van der Waals surface area contributed by atoms with Crippen molar-refractivity contribution >= 4 is 0 Å². The first-order chi connectivity index (χ1) is 10.8. The van der Waals surface area contributed by atoms with Gasteiger partial charge in [-0.25, -0.2) is 0 Å². The number of hydrogen-bond donors (Lipinski definition) is 0. The Hall–Kier alpha value is -3.36. The van der Waals surface area contributed by atoms with Gasteiger partial charge >= 0.3 is 0 Å². The van der Waals surface area contributed by atoms with Crippen LogP contribution < -0.4 is 0 Å². The highest BCUT2D eigenvalue weighted by molar-refractivity contribution is 5.86. The number of nitriles is 2. The van der Waals surface area contributed by atoms with Gasteiger partial charge in [0, 0.05) is 5.56 Å². The predicted octanol–water partition coefficient (Wildman–Crippen LogP) is 4.76. The molecule has 3 aromatic carbocycles. The van der Waals surface area contributed by atoms with Crippen LogP contribution in [0.4, 0.5) is 0 Å². The highest BCUT2D eigenvalue weighted by Gasteiger charge is 2.11. The molecular weight excluding hydrogens is 268 g/mol. The van der Waals surface area contributed by atoms with E-state index in [1.165, 1.54) is 0 Å². The lowest BCUT2D eigenvalue weighted by molar-refractivity contribution is 1.44. The summed E-state index contributed by atoms with van der Waals surface area (Å²) in [7, 11) is 0. The van der Waals surface area contributed by atoms with Crippen LogP contribution in [0.5, 0.6) is 0 Å². The molecule has 0 aliphatic carbocycles. The fourth-order valence-electron chi connectivity index (χ4n) is 2.53. The van der Waals surface area contributed by atoms with E-state index in [9.17, 15) is 5.26 Å². The molecule has 0 aromatic heterocycles. The molecule has 0 fully saturated rings. The summed E-state index contributed by atoms with van der Waals surface area (Å²) in [6.07, 6.45) is 0. The van der Waals surface area contributed by atoms with Gasteiger partial charge in [0.25, 0.3) is 0 Å². The van der Waals surface area contributed by atoms with Crippen molar-refractivity contribution in [3.63, 3.8) is 0 Å². The molecule has 0 aliphatic rings. The fourth-order valence-corrected chi connectivity index (χ4v) is 2.53. The summed E-state index contributed by atoms with van der Waals surface area (Å²) in [5.41, 5.74) is 5.03. The van der Waals surface area contributed by atoms with Crippen LogP contribution in [0.1, 0.15) is 11.1 Å². The van der Waals surface area contributed by atoms with Crippen LogP contribution >= 0.6 is 0 Å². The maximum Gasteiger partial charge on any atom is 0.0998 e. The van der Waals surface area contributed by atoms with Gasteiger partial charge in [0.05, 0.1) is 23.3 Å². The van der Waals surface area contributed by atoms with Crippen LogP contribution in [0.15, 0.2) is 72.8 Å². The van der Waals surface area contributed by atoms with Gasteiger partial charge in [0.15, 0.2) is 0 Å². The van der Waals surface area contributed by atoms with Gasteiger partial charge in [0.1, 0.15) is 0 Å². The second-order valence-corrected chi connectivity index (χ2v) is 4.90. The van der Waals surface area contributed by atoms with E-state index in [4.69, 9.17) is 5.26 Å². The first-order valence-electron chi connectivity index (χ1n) is 6.92. The first kappa shape index (κ1) is 13.6. The summed E-state index contributed by atoms with van der Waals surface area (Å²) < 4.78 is 0. The molecule has 2 nitrogen and oxygen atoms in total. The third kappa shape index (κ3) is 2.46. The molecule has 0 saturated heterocycles. The molecule has 0 saturated carbocycles. The van der Waals surface area contributed by atoms with Crippen molar-refractivity contribution in [2.75, 3.05) is 0 Å². The maximum atomic E-state index is 9.40. The van der Waals surface area contributed by atoms with Crippen LogP contribution in [0, 0.1) is 22.7 Å². The van der Waals surface area contributed by atoms with Gasteiger partial charge in [-0.15, -0.1) is 0 Å². The standard InChI is InChI=1S/C20H12N2/c21-13-15-10-11-19(17(12-15)14-22)20-9-5-4-8-18(20)16-6-2-1-3-7-16/h1-12H. The molecule has 3 aromatic rings. The van der Waals surface area contributed by atoms with Crippen LogP contribution in [0.2, 0.25) is 0 Å². The zero-order valence-electron chi connectivity index (χ0n) is 11.8. The minimum absolute atomic E-state index is 0.498. The van der Waals surface area contributed by atoms with Gasteiger partial charge in [-0.1, -0.05) is 60.7 Å². The SMILES string of the molecule is N#Cc1ccc(-c2ccccc2-c2ccccc2)c(C#N)c1. The van der Waals surface area contributed by atoms with Gasteiger partial charge < -0.3 is 0 Å². The van der Waals surface area contributed by atoms with Crippen molar-refractivity contribution in [2.24, 2.45) is 0 Å². The third-order valence-electron chi connectivity index (χ3n) is 3.57. The average Bonchev–Trinajstić information content (AvgIpc) is 2.62. The zero-order valence-corrected chi connectivity index (χ0v) is 11.8. The zero-order chi connectivity index (χ0) is 15.4. The van der Waals surface area contributed by atoms with E-state index < -0.39 is 0 Å². The molecular formula is C20H12N2. The third-order valence-corrected chi connectivity index (χ3v) is 3.57. The van der Waals surface area contributed by atoms with E-state index in [0.29, 0.717) is 11.1 Å². The van der Waals surface area contributed by atoms with Gasteiger partial charge in [-0.2, -0.15) is 10.5 Å². The average molecular weight is 280 g/mol. The Labute approximate surface area is 129 Å². The van der Waals surface area contributed by atoms with Gasteiger partial charge in [-0.05, 0) is 28.8 Å². The molecule has 102 valence electrons. The predicted molar refractivity (Wildman–Crippen MR) is 86.7 cm³/mol. The van der Waals surface area contributed by atoms with Crippen molar-refractivity contribution in [1.29, 1.82) is 10.5 Å². The van der Waals surface area contributed by atoms with Gasteiger partial charge in [-0.3, -0.25) is 0 Å². The van der Waals surface area contributed by atoms with E-state index in [1.54, 1.807) is 12.1 Å². The highest BCUT2D eigenvalue weighted by Crippen LogP contribution is 2.33. The normalized spacial score (nSPS) is 9.73. The summed E-state index contributed by atoms with van der Waals surface area (Å²) in [5, 5.41) is 18.4. The van der Waals surface area contributed by atoms with Gasteiger partial charge in [0.2, 0.25) is 0 Å². The van der Waals surface area contributed by atoms with E-state index >= 15 is 0 Å². The molecule has 0 radical (unpaired) electrons. The molecule has 0 unspecified atom stereocenters. The smallest absolute Gasteiger partial charge is 0.0998 e. The summed E-state index contributed by atoms with van der Waals surface area (Å²) in [6, 6.07) is 27.6. The van der Waals surface area contributed by atoms with Crippen molar-refractivity contribution in [2.45, 2.75) is 0 Å². The Balaban J connectivity index is 2.23. The molecule has 0 spiro atoms. The Morgan fingerprint density at radius 1 is 0.591 bits per heavy atom. The Morgan fingerprint density at radius 2 is 1.27 bits per heavy atom. The van der Waals surface area contributed by atoms with Crippen molar-refractivity contribution < 1.29 is 0 Å². The molecule has 2 heteroatoms. The molecule has 22 heavy (non-hydrogen) atoms. The molecule has 0 amide bonds. The van der Waals surface area contributed by atoms with E-state index in [0.717, 1.165) is 22.3 Å². The Morgan fingerprint density at radius 3 is 1.95 bits per heavy atom. The Bertz CT molecular complexity index is 897. The summed E-state index contributed by atoms with van der Waals surface area (Å²) >= 11 is 0. The lowest BCUT2D eigenvalue weighted by Crippen LogP contribution is -1.89. The summed E-state index contributed by atoms with van der Waals surface area (Å²) in [5.74, 6) is 0. The van der Waals surface area contributed by atoms with Crippen molar-refractivity contribution in [3.8, 4) is 34.4 Å². The highest BCUT2D eigenvalue weighted by atomic mass is 14.3. The quantitative estimate of drug-likeness (QED) is 0.679. The minimum atomic E-state index is 0.498. The molecule has 0 atom stereocenters. The topological polar surface area (TPSA) is 47.6 Å². The first-order valence-corrected chi connectivity index (χ1v) is 6.92. The molecule has 0 aliphatic heterocycles. The van der Waals surface area contributed by atoms with Crippen LogP contribution in [0.3, 0.4) is 0 Å². The van der Waals surface area contributed by atoms with E-state index in [2.05, 4.69) is 24.3 Å². The second-order valence-electron chi connectivity index (χ2n) is 4.90. The number of benzene rings is 3.